The summed E-state index contributed by atoms with van der Waals surface area (Å²) in [6.45, 7) is 1.94. The van der Waals surface area contributed by atoms with Crippen molar-refractivity contribution < 1.29 is 38.1 Å². The van der Waals surface area contributed by atoms with Crippen molar-refractivity contribution in [3.05, 3.63) is 71.2 Å². The second-order valence-electron chi connectivity index (χ2n) is 7.99. The fraction of sp³-hybridized carbons (Fsp3) is 0.269. The number of aliphatic hydroxyl groups excluding tert-OH is 1. The van der Waals surface area contributed by atoms with Gasteiger partial charge < -0.3 is 28.6 Å². The van der Waals surface area contributed by atoms with Crippen LogP contribution in [0, 0.1) is 0 Å². The van der Waals surface area contributed by atoms with E-state index in [4.69, 9.17) is 18.6 Å². The zero-order chi connectivity index (χ0) is 25.1. The zero-order valence-electron chi connectivity index (χ0n) is 19.6. The highest BCUT2D eigenvalue weighted by Gasteiger charge is 2.44. The second kappa shape index (κ2) is 10.0. The molecule has 9 nitrogen and oxygen atoms in total. The van der Waals surface area contributed by atoms with Gasteiger partial charge in [0.05, 0.1) is 18.7 Å². The molecule has 0 saturated carbocycles. The van der Waals surface area contributed by atoms with Crippen molar-refractivity contribution in [3.8, 4) is 11.5 Å². The third-order valence-electron chi connectivity index (χ3n) is 5.70. The number of methoxy groups -OCH3 is 2. The number of fused-ring (bicyclic) bond motifs is 1. The maximum Gasteiger partial charge on any atom is 0.308 e. The molecule has 0 saturated heterocycles. The van der Waals surface area contributed by atoms with Gasteiger partial charge in [-0.05, 0) is 36.2 Å². The van der Waals surface area contributed by atoms with Crippen LogP contribution in [0.5, 0.6) is 11.5 Å². The van der Waals surface area contributed by atoms with E-state index in [0.717, 1.165) is 0 Å². The van der Waals surface area contributed by atoms with Gasteiger partial charge >= 0.3 is 5.97 Å². The van der Waals surface area contributed by atoms with Gasteiger partial charge in [-0.25, -0.2) is 0 Å². The molecule has 3 aromatic rings. The van der Waals surface area contributed by atoms with Crippen LogP contribution in [0.4, 0.5) is 0 Å². The van der Waals surface area contributed by atoms with Gasteiger partial charge in [-0.2, -0.15) is 0 Å². The van der Waals surface area contributed by atoms with Gasteiger partial charge in [0.1, 0.15) is 5.75 Å². The molecule has 1 amide bonds. The van der Waals surface area contributed by atoms with Crippen LogP contribution in [0.3, 0.4) is 0 Å². The summed E-state index contributed by atoms with van der Waals surface area (Å²) >= 11 is 0. The van der Waals surface area contributed by atoms with E-state index in [1.807, 2.05) is 0 Å². The first-order chi connectivity index (χ1) is 16.8. The summed E-state index contributed by atoms with van der Waals surface area (Å²) < 4.78 is 21.3. The van der Waals surface area contributed by atoms with Crippen molar-refractivity contribution in [2.45, 2.75) is 19.4 Å². The zero-order valence-corrected chi connectivity index (χ0v) is 19.6. The Balaban J connectivity index is 1.75. The SMILES string of the molecule is COCCCN1C(=O)C(O)=C(C(=O)c2cc3cccc(OC)c3o2)C1c1ccc(OC(C)=O)cc1. The van der Waals surface area contributed by atoms with Gasteiger partial charge in [-0.15, -0.1) is 0 Å². The van der Waals surface area contributed by atoms with E-state index in [0.29, 0.717) is 41.1 Å². The standard InChI is InChI=1S/C26H25NO8/c1-15(28)34-18-10-8-16(9-11-18)22-21(24(30)26(31)27(22)12-5-13-32-2)23(29)20-14-17-6-4-7-19(33-3)25(17)35-20/h4,6-11,14,22,30H,5,12-13H2,1-3H3. The number of benzene rings is 2. The maximum atomic E-state index is 13.6. The summed E-state index contributed by atoms with van der Waals surface area (Å²) in [6.07, 6.45) is 0.501. The number of Topliss-reactive ketones (excluding diaryl/α,β-unsaturated/α-hetero) is 1. The smallest absolute Gasteiger partial charge is 0.308 e. The van der Waals surface area contributed by atoms with Crippen molar-refractivity contribution >= 4 is 28.6 Å². The Morgan fingerprint density at radius 2 is 1.86 bits per heavy atom. The average Bonchev–Trinajstić information content (AvgIpc) is 3.39. The van der Waals surface area contributed by atoms with E-state index in [2.05, 4.69) is 0 Å². The minimum absolute atomic E-state index is 0.0286. The van der Waals surface area contributed by atoms with Crippen molar-refractivity contribution in [2.75, 3.05) is 27.4 Å². The summed E-state index contributed by atoms with van der Waals surface area (Å²) in [7, 11) is 3.05. The molecule has 1 aliphatic heterocycles. The van der Waals surface area contributed by atoms with Crippen LogP contribution in [0.25, 0.3) is 11.0 Å². The van der Waals surface area contributed by atoms with Crippen molar-refractivity contribution in [3.63, 3.8) is 0 Å². The number of carbonyl (C=O) groups excluding carboxylic acids is 3. The van der Waals surface area contributed by atoms with Crippen LogP contribution >= 0.6 is 0 Å². The van der Waals surface area contributed by atoms with Crippen LogP contribution in [-0.2, 0) is 14.3 Å². The number of nitrogens with zero attached hydrogens (tertiary/aromatic N) is 1. The summed E-state index contributed by atoms with van der Waals surface area (Å²) in [5.74, 6) is -1.62. The Morgan fingerprint density at radius 3 is 2.51 bits per heavy atom. The first kappa shape index (κ1) is 24.0. The highest BCUT2D eigenvalue weighted by molar-refractivity contribution is 6.16. The number of furan rings is 1. The number of aliphatic hydroxyl groups is 1. The predicted molar refractivity (Wildman–Crippen MR) is 125 cm³/mol. The largest absolute Gasteiger partial charge is 0.503 e. The quantitative estimate of drug-likeness (QED) is 0.212. The summed E-state index contributed by atoms with van der Waals surface area (Å²) in [4.78, 5) is 39.3. The molecule has 0 fully saturated rings. The fourth-order valence-electron chi connectivity index (χ4n) is 4.17. The van der Waals surface area contributed by atoms with Crippen LogP contribution in [0.15, 0.2) is 64.3 Å². The number of ether oxygens (including phenoxy) is 3. The number of carbonyl (C=O) groups is 3. The molecular formula is C26H25NO8. The lowest BCUT2D eigenvalue weighted by Gasteiger charge is -2.26. The number of esters is 1. The fourth-order valence-corrected chi connectivity index (χ4v) is 4.17. The molecule has 0 aliphatic carbocycles. The highest BCUT2D eigenvalue weighted by atomic mass is 16.5. The van der Waals surface area contributed by atoms with E-state index in [1.54, 1.807) is 55.6 Å². The topological polar surface area (TPSA) is 116 Å². The molecule has 2 heterocycles. The van der Waals surface area contributed by atoms with E-state index in [1.165, 1.54) is 18.9 Å². The Labute approximate surface area is 201 Å². The van der Waals surface area contributed by atoms with E-state index in [-0.39, 0.29) is 17.9 Å². The van der Waals surface area contributed by atoms with Crippen LogP contribution in [0.1, 0.15) is 35.5 Å². The Kier molecular flexibility index (Phi) is 6.88. The molecule has 182 valence electrons. The lowest BCUT2D eigenvalue weighted by Crippen LogP contribution is -2.32. The van der Waals surface area contributed by atoms with Gasteiger partial charge in [-0.3, -0.25) is 14.4 Å². The summed E-state index contributed by atoms with van der Waals surface area (Å²) in [5.41, 5.74) is 0.862. The third-order valence-corrected chi connectivity index (χ3v) is 5.70. The Morgan fingerprint density at radius 1 is 1.11 bits per heavy atom. The van der Waals surface area contributed by atoms with Crippen LogP contribution in [0.2, 0.25) is 0 Å². The third kappa shape index (κ3) is 4.63. The molecule has 1 unspecified atom stereocenters. The number of para-hydroxylation sites is 1. The number of amides is 1. The minimum atomic E-state index is -0.867. The first-order valence-corrected chi connectivity index (χ1v) is 11.0. The molecule has 1 aromatic heterocycles. The van der Waals surface area contributed by atoms with Gasteiger partial charge in [0.25, 0.3) is 5.91 Å². The number of hydrogen-bond acceptors (Lipinski definition) is 8. The second-order valence-corrected chi connectivity index (χ2v) is 7.99. The normalized spacial score (nSPS) is 15.7. The monoisotopic (exact) mass is 479 g/mol. The van der Waals surface area contributed by atoms with Crippen LogP contribution in [-0.4, -0.2) is 55.0 Å². The molecule has 1 N–H and O–H groups in total. The Hall–Kier alpha value is -4.11. The average molecular weight is 479 g/mol. The van der Waals surface area contributed by atoms with Gasteiger partial charge in [0.15, 0.2) is 22.9 Å². The number of hydrogen-bond donors (Lipinski definition) is 1. The minimum Gasteiger partial charge on any atom is -0.503 e. The first-order valence-electron chi connectivity index (χ1n) is 11.0. The van der Waals surface area contributed by atoms with Gasteiger partial charge in [-0.1, -0.05) is 24.3 Å². The lowest BCUT2D eigenvalue weighted by molar-refractivity contribution is -0.132. The molecule has 9 heteroatoms. The molecule has 0 spiro atoms. The lowest BCUT2D eigenvalue weighted by atomic mass is 9.95. The number of rotatable bonds is 9. The Bertz CT molecular complexity index is 1300. The molecule has 2 aromatic carbocycles. The van der Waals surface area contributed by atoms with Gasteiger partial charge in [0.2, 0.25) is 5.78 Å². The van der Waals surface area contributed by atoms with Crippen molar-refractivity contribution in [1.29, 1.82) is 0 Å². The van der Waals surface area contributed by atoms with Crippen LogP contribution < -0.4 is 9.47 Å². The molecule has 1 aliphatic rings. The molecule has 35 heavy (non-hydrogen) atoms. The van der Waals surface area contributed by atoms with Crippen molar-refractivity contribution in [1.82, 2.24) is 4.90 Å². The molecular weight excluding hydrogens is 454 g/mol. The maximum absolute atomic E-state index is 13.6. The van der Waals surface area contributed by atoms with Gasteiger partial charge in [0, 0.05) is 32.6 Å². The van der Waals surface area contributed by atoms with E-state index < -0.39 is 29.5 Å². The van der Waals surface area contributed by atoms with E-state index in [9.17, 15) is 19.5 Å². The summed E-state index contributed by atoms with van der Waals surface area (Å²) in [5, 5.41) is 11.4. The number of ketones is 1. The predicted octanol–water partition coefficient (Wildman–Crippen LogP) is 3.98. The molecule has 4 rings (SSSR count). The molecule has 0 radical (unpaired) electrons. The molecule has 1 atom stereocenters. The van der Waals surface area contributed by atoms with Crippen molar-refractivity contribution in [2.24, 2.45) is 0 Å². The molecule has 0 bridgehead atoms. The summed E-state index contributed by atoms with van der Waals surface area (Å²) in [6, 6.07) is 12.4. The van der Waals surface area contributed by atoms with E-state index >= 15 is 0 Å². The highest BCUT2D eigenvalue weighted by Crippen LogP contribution is 2.40.